The molecule has 1 saturated heterocycles. The van der Waals surface area contributed by atoms with Gasteiger partial charge in [-0.1, -0.05) is 76.3 Å². The maximum absolute atomic E-state index is 11.9. The summed E-state index contributed by atoms with van der Waals surface area (Å²) in [6.45, 7) is 4.51. The lowest BCUT2D eigenvalue weighted by molar-refractivity contribution is -0.119. The van der Waals surface area contributed by atoms with Gasteiger partial charge in [0.2, 0.25) is 5.91 Å². The largest absolute Gasteiger partial charge is 0.349 e. The van der Waals surface area contributed by atoms with Gasteiger partial charge in [-0.15, -0.1) is 0 Å². The SMILES string of the molecule is CCCCCCCC1(C)CC(=O)NC1c1ccccc1. The van der Waals surface area contributed by atoms with Crippen LogP contribution in [0.2, 0.25) is 0 Å². The Labute approximate surface area is 123 Å². The average Bonchev–Trinajstić information content (AvgIpc) is 2.75. The van der Waals surface area contributed by atoms with Gasteiger partial charge < -0.3 is 5.32 Å². The highest BCUT2D eigenvalue weighted by Crippen LogP contribution is 2.45. The first-order chi connectivity index (χ1) is 9.65. The molecular weight excluding hydrogens is 246 g/mol. The van der Waals surface area contributed by atoms with E-state index in [1.165, 1.54) is 37.7 Å². The van der Waals surface area contributed by atoms with Crippen molar-refractivity contribution in [1.82, 2.24) is 5.32 Å². The lowest BCUT2D eigenvalue weighted by Gasteiger charge is -2.30. The number of hydrogen-bond acceptors (Lipinski definition) is 1. The maximum atomic E-state index is 11.9. The number of carbonyl (C=O) groups is 1. The van der Waals surface area contributed by atoms with Crippen LogP contribution in [0.1, 0.15) is 70.4 Å². The van der Waals surface area contributed by atoms with Crippen LogP contribution in [0.25, 0.3) is 0 Å². The quantitative estimate of drug-likeness (QED) is 0.722. The predicted molar refractivity (Wildman–Crippen MR) is 83.4 cm³/mol. The highest BCUT2D eigenvalue weighted by molar-refractivity contribution is 5.80. The zero-order chi connectivity index (χ0) is 14.4. The smallest absolute Gasteiger partial charge is 0.221 e. The summed E-state index contributed by atoms with van der Waals surface area (Å²) in [5, 5.41) is 3.17. The van der Waals surface area contributed by atoms with Crippen LogP contribution in [0.4, 0.5) is 0 Å². The Morgan fingerprint density at radius 1 is 1.15 bits per heavy atom. The number of carbonyl (C=O) groups excluding carboxylic acids is 1. The van der Waals surface area contributed by atoms with E-state index in [1.54, 1.807) is 0 Å². The highest BCUT2D eigenvalue weighted by Gasteiger charge is 2.43. The van der Waals surface area contributed by atoms with Gasteiger partial charge >= 0.3 is 0 Å². The average molecular weight is 273 g/mol. The van der Waals surface area contributed by atoms with Crippen LogP contribution in [0.5, 0.6) is 0 Å². The molecule has 1 aliphatic rings. The molecule has 1 aromatic carbocycles. The minimum atomic E-state index is 0.0741. The van der Waals surface area contributed by atoms with Crippen LogP contribution < -0.4 is 5.32 Å². The number of nitrogens with one attached hydrogen (secondary N) is 1. The summed E-state index contributed by atoms with van der Waals surface area (Å²) in [6.07, 6.45) is 8.26. The van der Waals surface area contributed by atoms with Gasteiger partial charge in [0.1, 0.15) is 0 Å². The van der Waals surface area contributed by atoms with Gasteiger partial charge in [-0.25, -0.2) is 0 Å². The van der Waals surface area contributed by atoms with Crippen LogP contribution in [0.15, 0.2) is 30.3 Å². The number of rotatable bonds is 7. The van der Waals surface area contributed by atoms with Crippen molar-refractivity contribution in [2.75, 3.05) is 0 Å². The van der Waals surface area contributed by atoms with Crippen LogP contribution in [0, 0.1) is 5.41 Å². The normalized spacial score (nSPS) is 25.7. The molecule has 20 heavy (non-hydrogen) atoms. The van der Waals surface area contributed by atoms with Crippen molar-refractivity contribution in [3.8, 4) is 0 Å². The van der Waals surface area contributed by atoms with E-state index in [4.69, 9.17) is 0 Å². The molecule has 1 N–H and O–H groups in total. The fourth-order valence-electron chi connectivity index (χ4n) is 3.35. The van der Waals surface area contributed by atoms with Crippen LogP contribution in [-0.4, -0.2) is 5.91 Å². The molecule has 2 nitrogen and oxygen atoms in total. The van der Waals surface area contributed by atoms with Gasteiger partial charge in [0, 0.05) is 11.8 Å². The Bertz CT molecular complexity index is 428. The standard InChI is InChI=1S/C18H27NO/c1-3-4-5-6-10-13-18(2)14-16(20)19-17(18)15-11-8-7-9-12-15/h7-9,11-12,17H,3-6,10,13-14H2,1-2H3,(H,19,20). The van der Waals surface area contributed by atoms with Gasteiger partial charge in [0.05, 0.1) is 6.04 Å². The van der Waals surface area contributed by atoms with E-state index >= 15 is 0 Å². The van der Waals surface area contributed by atoms with E-state index in [0.717, 1.165) is 6.42 Å². The van der Waals surface area contributed by atoms with Crippen molar-refractivity contribution in [3.63, 3.8) is 0 Å². The molecule has 1 amide bonds. The van der Waals surface area contributed by atoms with Crippen molar-refractivity contribution in [2.24, 2.45) is 5.41 Å². The lowest BCUT2D eigenvalue weighted by atomic mass is 9.75. The second kappa shape index (κ2) is 6.92. The molecule has 110 valence electrons. The molecule has 1 aliphatic heterocycles. The van der Waals surface area contributed by atoms with Crippen molar-refractivity contribution >= 4 is 5.91 Å². The molecule has 0 radical (unpaired) electrons. The summed E-state index contributed by atoms with van der Waals surface area (Å²) >= 11 is 0. The molecular formula is C18H27NO. The van der Waals surface area contributed by atoms with E-state index in [-0.39, 0.29) is 17.4 Å². The summed E-state index contributed by atoms with van der Waals surface area (Å²) in [6, 6.07) is 10.6. The molecule has 2 rings (SSSR count). The molecule has 2 unspecified atom stereocenters. The Morgan fingerprint density at radius 3 is 2.55 bits per heavy atom. The molecule has 0 saturated carbocycles. The van der Waals surface area contributed by atoms with Gasteiger partial charge in [0.25, 0.3) is 0 Å². The number of amides is 1. The molecule has 1 heterocycles. The molecule has 0 spiro atoms. The third-order valence-corrected chi connectivity index (χ3v) is 4.55. The summed E-state index contributed by atoms with van der Waals surface area (Å²) in [5.74, 6) is 0.204. The summed E-state index contributed by atoms with van der Waals surface area (Å²) < 4.78 is 0. The summed E-state index contributed by atoms with van der Waals surface area (Å²) in [7, 11) is 0. The molecule has 1 aromatic rings. The van der Waals surface area contributed by atoms with Gasteiger partial charge in [-0.3, -0.25) is 4.79 Å². The first kappa shape index (κ1) is 15.1. The first-order valence-corrected chi connectivity index (χ1v) is 8.00. The second-order valence-electron chi connectivity index (χ2n) is 6.41. The van der Waals surface area contributed by atoms with Gasteiger partial charge in [-0.2, -0.15) is 0 Å². The van der Waals surface area contributed by atoms with Crippen molar-refractivity contribution < 1.29 is 4.79 Å². The fourth-order valence-corrected chi connectivity index (χ4v) is 3.35. The number of benzene rings is 1. The van der Waals surface area contributed by atoms with Crippen molar-refractivity contribution in [1.29, 1.82) is 0 Å². The van der Waals surface area contributed by atoms with Crippen LogP contribution >= 0.6 is 0 Å². The van der Waals surface area contributed by atoms with E-state index in [0.29, 0.717) is 6.42 Å². The first-order valence-electron chi connectivity index (χ1n) is 8.00. The Morgan fingerprint density at radius 2 is 1.85 bits per heavy atom. The van der Waals surface area contributed by atoms with Gasteiger partial charge in [0.15, 0.2) is 0 Å². The summed E-state index contributed by atoms with van der Waals surface area (Å²) in [4.78, 5) is 11.9. The third kappa shape index (κ3) is 3.62. The van der Waals surface area contributed by atoms with E-state index in [1.807, 2.05) is 6.07 Å². The monoisotopic (exact) mass is 273 g/mol. The van der Waals surface area contributed by atoms with Gasteiger partial charge in [-0.05, 0) is 12.0 Å². The predicted octanol–water partition coefficient (Wildman–Crippen LogP) is 4.61. The molecule has 0 bridgehead atoms. The van der Waals surface area contributed by atoms with E-state index in [2.05, 4.69) is 43.4 Å². The number of hydrogen-bond donors (Lipinski definition) is 1. The third-order valence-electron chi connectivity index (χ3n) is 4.55. The summed E-state index contributed by atoms with van der Waals surface area (Å²) in [5.41, 5.74) is 1.32. The Hall–Kier alpha value is -1.31. The Balaban J connectivity index is 1.98. The molecule has 0 aromatic heterocycles. The minimum absolute atomic E-state index is 0.0741. The zero-order valence-corrected chi connectivity index (χ0v) is 12.8. The highest BCUT2D eigenvalue weighted by atomic mass is 16.2. The molecule has 2 atom stereocenters. The minimum Gasteiger partial charge on any atom is -0.349 e. The zero-order valence-electron chi connectivity index (χ0n) is 12.8. The van der Waals surface area contributed by atoms with E-state index in [9.17, 15) is 4.79 Å². The molecule has 2 heteroatoms. The van der Waals surface area contributed by atoms with Crippen molar-refractivity contribution in [3.05, 3.63) is 35.9 Å². The molecule has 0 aliphatic carbocycles. The molecule has 1 fully saturated rings. The second-order valence-corrected chi connectivity index (χ2v) is 6.41. The van der Waals surface area contributed by atoms with Crippen LogP contribution in [0.3, 0.4) is 0 Å². The van der Waals surface area contributed by atoms with Crippen molar-refractivity contribution in [2.45, 2.75) is 64.8 Å². The topological polar surface area (TPSA) is 29.1 Å². The fraction of sp³-hybridized carbons (Fsp3) is 0.611. The lowest BCUT2D eigenvalue weighted by Crippen LogP contribution is -2.26. The van der Waals surface area contributed by atoms with Crippen LogP contribution in [-0.2, 0) is 4.79 Å². The number of unbranched alkanes of at least 4 members (excludes halogenated alkanes) is 4. The Kier molecular flexibility index (Phi) is 5.22. The maximum Gasteiger partial charge on any atom is 0.221 e. The van der Waals surface area contributed by atoms with E-state index < -0.39 is 0 Å².